The number of aliphatic hydroxyl groups is 2. The Morgan fingerprint density at radius 2 is 0.910 bits per heavy atom. The van der Waals surface area contributed by atoms with Gasteiger partial charge in [-0.1, -0.05) is 123 Å². The number of fused-ring (bicyclic) bond motifs is 1. The van der Waals surface area contributed by atoms with Crippen molar-refractivity contribution in [2.75, 3.05) is 19.8 Å². The molecule has 0 heterocycles. The van der Waals surface area contributed by atoms with Crippen LogP contribution in [0.5, 0.6) is 5.75 Å². The second kappa shape index (κ2) is 30.0. The zero-order chi connectivity index (χ0) is 56.7. The fourth-order valence-corrected chi connectivity index (χ4v) is 8.33. The molecule has 2 aliphatic rings. The van der Waals surface area contributed by atoms with Crippen LogP contribution >= 0.6 is 0 Å². The number of amides is 7. The molecule has 0 aromatic heterocycles. The Labute approximate surface area is 451 Å². The molecule has 414 valence electrons. The van der Waals surface area contributed by atoms with Gasteiger partial charge in [0, 0.05) is 31.4 Å². The minimum atomic E-state index is -1.70. The van der Waals surface area contributed by atoms with Crippen molar-refractivity contribution < 1.29 is 58.8 Å². The highest BCUT2D eigenvalue weighted by Gasteiger charge is 2.35. The molecule has 22 nitrogen and oxygen atoms in total. The topological polar surface area (TPSA) is 366 Å². The van der Waals surface area contributed by atoms with Crippen LogP contribution in [0.15, 0.2) is 132 Å². The first-order valence-electron chi connectivity index (χ1n) is 25.3. The molecule has 3 aromatic carbocycles. The van der Waals surface area contributed by atoms with E-state index < -0.39 is 103 Å². The first-order chi connectivity index (χ1) is 37.3. The SMILES string of the molecule is CC(C)C[C@H](NC(=O)[C@H](Cc1ccc(O)cc1)NC(=O)[C@H](Cc1ccccc1)NC(=O)[C@H](Cc1ccccc1)NC(=O)[C@H](CO)NC(=O)c1ccc2cccccc1-2)C(=O)N[C@@H](CCCN=C(N)N)C(=O)N[C@@H](CO)C(=O)O. The molecule has 22 heteroatoms. The van der Waals surface area contributed by atoms with Gasteiger partial charge in [0.05, 0.1) is 13.2 Å². The van der Waals surface area contributed by atoms with E-state index in [1.54, 1.807) is 105 Å². The lowest BCUT2D eigenvalue weighted by Gasteiger charge is -2.28. The minimum Gasteiger partial charge on any atom is -0.508 e. The summed E-state index contributed by atoms with van der Waals surface area (Å²) in [4.78, 5) is 115. The quantitative estimate of drug-likeness (QED) is 0.0175. The molecule has 3 aromatic rings. The molecular weight excluding hydrogens is 1000 g/mol. The van der Waals surface area contributed by atoms with E-state index in [0.717, 1.165) is 5.56 Å². The summed E-state index contributed by atoms with van der Waals surface area (Å²) in [5.74, 6) is -7.96. The van der Waals surface area contributed by atoms with Gasteiger partial charge in [0.2, 0.25) is 35.4 Å². The second-order valence-electron chi connectivity index (χ2n) is 19.0. The van der Waals surface area contributed by atoms with E-state index in [2.05, 4.69) is 42.2 Å². The number of carbonyl (C=O) groups is 8. The number of aliphatic imine (C=N–C) groups is 1. The monoisotopic (exact) mass is 1070 g/mol. The van der Waals surface area contributed by atoms with E-state index in [1.165, 1.54) is 24.3 Å². The molecule has 0 radical (unpaired) electrons. The van der Waals surface area contributed by atoms with Gasteiger partial charge < -0.3 is 69.1 Å². The van der Waals surface area contributed by atoms with Crippen molar-refractivity contribution in [1.29, 1.82) is 0 Å². The number of aliphatic carboxylic acids is 1. The van der Waals surface area contributed by atoms with E-state index in [4.69, 9.17) is 11.5 Å². The van der Waals surface area contributed by atoms with Crippen molar-refractivity contribution >= 4 is 53.3 Å². The lowest BCUT2D eigenvalue weighted by Crippen LogP contribution is -2.61. The number of carbonyl (C=O) groups excluding carboxylic acids is 7. The van der Waals surface area contributed by atoms with Crippen molar-refractivity contribution in [3.8, 4) is 16.9 Å². The number of nitrogens with two attached hydrogens (primary N) is 2. The highest BCUT2D eigenvalue weighted by Crippen LogP contribution is 2.27. The number of rotatable bonds is 29. The standard InChI is InChI=1S/C56H68N10O12/c1-33(2)27-42(50(72)60-41(19-12-26-59-56(57)58)49(71)66-47(32-68)55(77)78)61-51(73)45(30-36-20-23-38(69)24-21-36)63-52(74)43(28-34-13-6-3-7-14-34)62-53(75)44(29-35-15-8-4-9-16-35)64-54(76)46(31-67)65-48(70)40-25-22-37-17-10-5-11-18-39(37)40/h3-11,13-18,20-25,33,41-47,67-69H,12,19,26-32H2,1-2H3,(H,60,72)(H,61,73)(H,62,75)(H,63,74)(H,64,76)(H,65,70)(H,66,71)(H,77,78)(H4,57,58,59)/t41-,42-,43-,44-,45-,46-,47-/m0/s1. The molecule has 0 aliphatic heterocycles. The summed E-state index contributed by atoms with van der Waals surface area (Å²) in [6, 6.07) is 25.2. The summed E-state index contributed by atoms with van der Waals surface area (Å²) >= 11 is 0. The Balaban J connectivity index is 1.42. The van der Waals surface area contributed by atoms with Crippen LogP contribution in [0.1, 0.15) is 60.2 Å². The molecule has 0 fully saturated rings. The molecule has 78 heavy (non-hydrogen) atoms. The van der Waals surface area contributed by atoms with E-state index in [-0.39, 0.29) is 68.3 Å². The number of carboxylic acid groups (broad SMARTS) is 1. The summed E-state index contributed by atoms with van der Waals surface area (Å²) in [7, 11) is 0. The Bertz CT molecular complexity index is 2810. The first kappa shape index (κ1) is 60.0. The summed E-state index contributed by atoms with van der Waals surface area (Å²) < 4.78 is 0. The number of guanidine groups is 1. The average Bonchev–Trinajstić information content (AvgIpc) is 3.67. The van der Waals surface area contributed by atoms with Crippen molar-refractivity contribution in [2.45, 2.75) is 94.7 Å². The van der Waals surface area contributed by atoms with Gasteiger partial charge in [-0.25, -0.2) is 4.79 Å². The largest absolute Gasteiger partial charge is 0.508 e. The van der Waals surface area contributed by atoms with Crippen molar-refractivity contribution in [3.63, 3.8) is 0 Å². The molecule has 0 saturated carbocycles. The van der Waals surface area contributed by atoms with Crippen LogP contribution in [-0.4, -0.2) is 136 Å². The molecule has 7 atom stereocenters. The van der Waals surface area contributed by atoms with Crippen LogP contribution in [0.25, 0.3) is 11.1 Å². The number of benzene rings is 3. The third-order valence-electron chi connectivity index (χ3n) is 12.4. The number of aromatic hydroxyl groups is 1. The van der Waals surface area contributed by atoms with E-state index in [0.29, 0.717) is 22.3 Å². The number of nitrogens with zero attached hydrogens (tertiary/aromatic N) is 1. The third kappa shape index (κ3) is 18.7. The summed E-state index contributed by atoms with van der Waals surface area (Å²) in [5, 5.41) is 57.8. The number of nitrogens with one attached hydrogen (secondary N) is 7. The lowest BCUT2D eigenvalue weighted by atomic mass is 9.99. The number of phenolic OH excluding ortho intramolecular Hbond substituents is 1. The van der Waals surface area contributed by atoms with Crippen LogP contribution in [0, 0.1) is 5.92 Å². The second-order valence-corrected chi connectivity index (χ2v) is 19.0. The smallest absolute Gasteiger partial charge is 0.328 e. The Kier molecular flexibility index (Phi) is 23.1. The van der Waals surface area contributed by atoms with Gasteiger partial charge in [-0.15, -0.1) is 0 Å². The van der Waals surface area contributed by atoms with Crippen LogP contribution < -0.4 is 48.7 Å². The average molecular weight is 1070 g/mol. The lowest BCUT2D eigenvalue weighted by molar-refractivity contribution is -0.143. The van der Waals surface area contributed by atoms with Crippen LogP contribution in [0.2, 0.25) is 0 Å². The van der Waals surface area contributed by atoms with Gasteiger partial charge in [-0.2, -0.15) is 0 Å². The van der Waals surface area contributed by atoms with E-state index in [1.807, 2.05) is 12.1 Å². The zero-order valence-electron chi connectivity index (χ0n) is 43.3. The van der Waals surface area contributed by atoms with E-state index >= 15 is 0 Å². The number of hydrogen-bond acceptors (Lipinski definition) is 12. The minimum absolute atomic E-state index is 0.0134. The van der Waals surface area contributed by atoms with Gasteiger partial charge in [0.15, 0.2) is 5.96 Å². The molecule has 0 saturated heterocycles. The molecular formula is C56H68N10O12. The predicted octanol–water partition coefficient (Wildman–Crippen LogP) is 0.401. The summed E-state index contributed by atoms with van der Waals surface area (Å²) in [6.45, 7) is 1.81. The van der Waals surface area contributed by atoms with Gasteiger partial charge >= 0.3 is 5.97 Å². The maximum Gasteiger partial charge on any atom is 0.328 e. The molecule has 7 amide bonds. The van der Waals surface area contributed by atoms with Crippen LogP contribution in [0.4, 0.5) is 0 Å². The van der Waals surface area contributed by atoms with Crippen LogP contribution in [-0.2, 0) is 52.8 Å². The molecule has 0 unspecified atom stereocenters. The highest BCUT2D eigenvalue weighted by molar-refractivity contribution is 6.04. The number of hydrogen-bond donors (Lipinski definition) is 13. The number of carboxylic acids is 1. The molecule has 0 spiro atoms. The van der Waals surface area contributed by atoms with Gasteiger partial charge in [-0.05, 0) is 71.2 Å². The number of aliphatic hydroxyl groups excluding tert-OH is 2. The molecule has 5 rings (SSSR count). The molecule has 15 N–H and O–H groups in total. The highest BCUT2D eigenvalue weighted by atomic mass is 16.4. The predicted molar refractivity (Wildman–Crippen MR) is 289 cm³/mol. The Morgan fingerprint density at radius 3 is 1.40 bits per heavy atom. The zero-order valence-corrected chi connectivity index (χ0v) is 43.3. The normalized spacial score (nSPS) is 13.7. The third-order valence-corrected chi connectivity index (χ3v) is 12.4. The van der Waals surface area contributed by atoms with Gasteiger partial charge in [-0.3, -0.25) is 38.6 Å². The maximum atomic E-state index is 14.8. The number of phenols is 1. The summed E-state index contributed by atoms with van der Waals surface area (Å²) in [5.41, 5.74) is 14.2. The van der Waals surface area contributed by atoms with Gasteiger partial charge in [0.1, 0.15) is 48.0 Å². The van der Waals surface area contributed by atoms with Crippen molar-refractivity contribution in [1.82, 2.24) is 37.2 Å². The summed E-state index contributed by atoms with van der Waals surface area (Å²) in [6.07, 6.45) is -0.360. The Hall–Kier alpha value is -8.89. The fourth-order valence-electron chi connectivity index (χ4n) is 8.33. The van der Waals surface area contributed by atoms with Crippen LogP contribution in [0.3, 0.4) is 0 Å². The maximum absolute atomic E-state index is 14.8. The van der Waals surface area contributed by atoms with Crippen molar-refractivity contribution in [2.24, 2.45) is 22.4 Å². The van der Waals surface area contributed by atoms with Crippen molar-refractivity contribution in [3.05, 3.63) is 150 Å². The fraction of sp³-hybridized carbons (Fsp3) is 0.339. The Morgan fingerprint density at radius 1 is 0.487 bits per heavy atom. The van der Waals surface area contributed by atoms with Gasteiger partial charge in [0.25, 0.3) is 5.91 Å². The first-order valence-corrected chi connectivity index (χ1v) is 25.3. The van der Waals surface area contributed by atoms with E-state index in [9.17, 15) is 58.8 Å². The molecule has 2 aliphatic carbocycles. The molecule has 0 bridgehead atoms.